The van der Waals surface area contributed by atoms with Crippen LogP contribution in [0.25, 0.3) is 0 Å². The lowest BCUT2D eigenvalue weighted by atomic mass is 10.2. The number of hydrogen-bond acceptors (Lipinski definition) is 4. The van der Waals surface area contributed by atoms with Gasteiger partial charge in [-0.05, 0) is 19.1 Å². The highest BCUT2D eigenvalue weighted by Crippen LogP contribution is 2.03. The standard InChI is InChI=1S/C7H6FNO.C4H8N2O2/c8-6-4-2-1-3-5(6)7(9)10;1-2-8-4(7)3(5)6/h1-4H,(H2,9,10);2H2,1H3,(H3,5,6). The topological polar surface area (TPSA) is 119 Å². The summed E-state index contributed by atoms with van der Waals surface area (Å²) in [5.41, 5.74) is 9.50. The number of hydrogen-bond donors (Lipinski definition) is 3. The minimum Gasteiger partial charge on any atom is -0.460 e. The molecule has 1 rings (SSSR count). The van der Waals surface area contributed by atoms with Gasteiger partial charge in [-0.15, -0.1) is 0 Å². The third kappa shape index (κ3) is 5.59. The average Bonchev–Trinajstić information content (AvgIpc) is 2.30. The molecule has 0 saturated heterocycles. The zero-order valence-corrected chi connectivity index (χ0v) is 9.77. The van der Waals surface area contributed by atoms with Gasteiger partial charge >= 0.3 is 5.97 Å². The number of rotatable bonds is 2. The van der Waals surface area contributed by atoms with Gasteiger partial charge in [0.15, 0.2) is 0 Å². The van der Waals surface area contributed by atoms with Gasteiger partial charge in [-0.25, -0.2) is 9.18 Å². The number of esters is 1. The molecule has 7 heteroatoms. The highest BCUT2D eigenvalue weighted by molar-refractivity contribution is 6.33. The molecule has 1 aromatic carbocycles. The number of carbonyl (C=O) groups is 2. The van der Waals surface area contributed by atoms with Crippen molar-refractivity contribution in [1.82, 2.24) is 0 Å². The van der Waals surface area contributed by atoms with Crippen molar-refractivity contribution in [2.45, 2.75) is 6.92 Å². The number of carbonyl (C=O) groups excluding carboxylic acids is 2. The summed E-state index contributed by atoms with van der Waals surface area (Å²) in [5.74, 6) is -2.62. The molecule has 0 saturated carbocycles. The second-order valence-electron chi connectivity index (χ2n) is 2.98. The van der Waals surface area contributed by atoms with E-state index in [1.54, 1.807) is 13.0 Å². The Balaban J connectivity index is 0.000000331. The predicted molar refractivity (Wildman–Crippen MR) is 63.5 cm³/mol. The minimum absolute atomic E-state index is 0.0671. The van der Waals surface area contributed by atoms with Crippen molar-refractivity contribution in [1.29, 1.82) is 5.41 Å². The number of nitrogens with two attached hydrogens (primary N) is 2. The Morgan fingerprint density at radius 3 is 2.17 bits per heavy atom. The van der Waals surface area contributed by atoms with Gasteiger partial charge in [0.05, 0.1) is 12.2 Å². The van der Waals surface area contributed by atoms with E-state index in [9.17, 15) is 14.0 Å². The lowest BCUT2D eigenvalue weighted by molar-refractivity contribution is -0.135. The molecular formula is C11H14FN3O3. The lowest BCUT2D eigenvalue weighted by Gasteiger charge is -1.95. The molecule has 0 aliphatic rings. The first-order valence-electron chi connectivity index (χ1n) is 4.95. The van der Waals surface area contributed by atoms with E-state index in [0.717, 1.165) is 0 Å². The molecule has 0 aliphatic carbocycles. The van der Waals surface area contributed by atoms with Crippen LogP contribution in [0, 0.1) is 11.2 Å². The van der Waals surface area contributed by atoms with Crippen LogP contribution in [0.2, 0.25) is 0 Å². The van der Waals surface area contributed by atoms with Gasteiger partial charge in [0.25, 0.3) is 5.91 Å². The summed E-state index contributed by atoms with van der Waals surface area (Å²) in [6, 6.07) is 5.60. The number of ether oxygens (including phenoxy) is 1. The lowest BCUT2D eigenvalue weighted by Crippen LogP contribution is -2.24. The average molecular weight is 255 g/mol. The normalized spacial score (nSPS) is 8.78. The molecule has 0 heterocycles. The summed E-state index contributed by atoms with van der Waals surface area (Å²) in [7, 11) is 0. The largest absolute Gasteiger partial charge is 0.460 e. The molecule has 98 valence electrons. The molecule has 0 aliphatic heterocycles. The van der Waals surface area contributed by atoms with Crippen molar-refractivity contribution in [2.24, 2.45) is 11.5 Å². The maximum atomic E-state index is 12.5. The summed E-state index contributed by atoms with van der Waals surface area (Å²) in [6.07, 6.45) is 0. The number of primary amides is 1. The molecule has 0 aromatic heterocycles. The van der Waals surface area contributed by atoms with Crippen molar-refractivity contribution in [3.8, 4) is 0 Å². The van der Waals surface area contributed by atoms with Crippen molar-refractivity contribution >= 4 is 17.7 Å². The van der Waals surface area contributed by atoms with Crippen LogP contribution in [-0.2, 0) is 9.53 Å². The Labute approximate surface area is 103 Å². The Bertz CT molecular complexity index is 449. The van der Waals surface area contributed by atoms with E-state index in [2.05, 4.69) is 4.74 Å². The fraction of sp³-hybridized carbons (Fsp3) is 0.182. The van der Waals surface area contributed by atoms with E-state index in [4.69, 9.17) is 16.9 Å². The van der Waals surface area contributed by atoms with Gasteiger partial charge in [0.2, 0.25) is 5.84 Å². The van der Waals surface area contributed by atoms with Crippen molar-refractivity contribution < 1.29 is 18.7 Å². The molecule has 0 spiro atoms. The van der Waals surface area contributed by atoms with Crippen molar-refractivity contribution in [3.05, 3.63) is 35.6 Å². The SMILES string of the molecule is CCOC(=O)C(=N)N.NC(=O)c1ccccc1F. The van der Waals surface area contributed by atoms with E-state index < -0.39 is 23.5 Å². The van der Waals surface area contributed by atoms with E-state index in [0.29, 0.717) is 0 Å². The van der Waals surface area contributed by atoms with Crippen LogP contribution in [0.4, 0.5) is 4.39 Å². The maximum absolute atomic E-state index is 12.5. The Kier molecular flexibility index (Phi) is 6.72. The van der Waals surface area contributed by atoms with E-state index in [1.165, 1.54) is 18.2 Å². The smallest absolute Gasteiger partial charge is 0.373 e. The first kappa shape index (κ1) is 15.6. The third-order valence-electron chi connectivity index (χ3n) is 1.63. The highest BCUT2D eigenvalue weighted by Gasteiger charge is 2.04. The first-order valence-corrected chi connectivity index (χ1v) is 4.95. The second kappa shape index (κ2) is 7.77. The Morgan fingerprint density at radius 2 is 1.89 bits per heavy atom. The maximum Gasteiger partial charge on any atom is 0.373 e. The monoisotopic (exact) mass is 255 g/mol. The predicted octanol–water partition coefficient (Wildman–Crippen LogP) is 0.410. The van der Waals surface area contributed by atoms with Crippen LogP contribution in [0.5, 0.6) is 0 Å². The van der Waals surface area contributed by atoms with Gasteiger partial charge in [0.1, 0.15) is 5.82 Å². The van der Waals surface area contributed by atoms with Gasteiger partial charge in [0, 0.05) is 0 Å². The fourth-order valence-electron chi connectivity index (χ4n) is 0.870. The minimum atomic E-state index is -0.757. The molecule has 0 radical (unpaired) electrons. The van der Waals surface area contributed by atoms with Crippen molar-refractivity contribution in [3.63, 3.8) is 0 Å². The number of nitrogens with one attached hydrogen (secondary N) is 1. The molecular weight excluding hydrogens is 241 g/mol. The zero-order chi connectivity index (χ0) is 14.1. The first-order chi connectivity index (χ1) is 8.40. The van der Waals surface area contributed by atoms with Crippen LogP contribution >= 0.6 is 0 Å². The molecule has 0 fully saturated rings. The van der Waals surface area contributed by atoms with Gasteiger partial charge < -0.3 is 16.2 Å². The zero-order valence-electron chi connectivity index (χ0n) is 9.77. The third-order valence-corrected chi connectivity index (χ3v) is 1.63. The van der Waals surface area contributed by atoms with Crippen molar-refractivity contribution in [2.75, 3.05) is 6.61 Å². The summed E-state index contributed by atoms with van der Waals surface area (Å²) in [4.78, 5) is 20.6. The van der Waals surface area contributed by atoms with Crippen LogP contribution in [-0.4, -0.2) is 24.3 Å². The summed E-state index contributed by atoms with van der Waals surface area (Å²) in [6.45, 7) is 1.92. The fourth-order valence-corrected chi connectivity index (χ4v) is 0.870. The highest BCUT2D eigenvalue weighted by atomic mass is 19.1. The quantitative estimate of drug-likeness (QED) is 0.402. The summed E-state index contributed by atoms with van der Waals surface area (Å²) < 4.78 is 16.9. The Hall–Kier alpha value is -2.44. The number of amidine groups is 1. The number of amides is 1. The molecule has 18 heavy (non-hydrogen) atoms. The second-order valence-corrected chi connectivity index (χ2v) is 2.98. The van der Waals surface area contributed by atoms with Crippen LogP contribution in [0.15, 0.2) is 24.3 Å². The number of halogens is 1. The van der Waals surface area contributed by atoms with Crippen LogP contribution < -0.4 is 11.5 Å². The molecule has 6 nitrogen and oxygen atoms in total. The molecule has 1 aromatic rings. The van der Waals surface area contributed by atoms with E-state index in [1.807, 2.05) is 0 Å². The number of benzene rings is 1. The molecule has 0 bridgehead atoms. The van der Waals surface area contributed by atoms with E-state index in [-0.39, 0.29) is 12.2 Å². The molecule has 5 N–H and O–H groups in total. The van der Waals surface area contributed by atoms with Crippen LogP contribution in [0.1, 0.15) is 17.3 Å². The summed E-state index contributed by atoms with van der Waals surface area (Å²) >= 11 is 0. The molecule has 0 atom stereocenters. The van der Waals surface area contributed by atoms with Gasteiger partial charge in [-0.1, -0.05) is 12.1 Å². The Morgan fingerprint density at radius 1 is 1.33 bits per heavy atom. The summed E-state index contributed by atoms with van der Waals surface area (Å²) in [5, 5.41) is 6.51. The van der Waals surface area contributed by atoms with Gasteiger partial charge in [-0.2, -0.15) is 0 Å². The van der Waals surface area contributed by atoms with E-state index >= 15 is 0 Å². The molecule has 0 unspecified atom stereocenters. The van der Waals surface area contributed by atoms with Crippen LogP contribution in [0.3, 0.4) is 0 Å². The molecule has 1 amide bonds. The van der Waals surface area contributed by atoms with Gasteiger partial charge in [-0.3, -0.25) is 10.2 Å².